The standard InChI is InChI=1S/C15H11F3N2O4/c16-15(17,18)9-3-1-8(2-4-9)7-20-11-10(13(21)22)5-6-19-12(11)14(23)24/h1-6,20H,7H2,(H,21,22)(H,23,24). The van der Waals surface area contributed by atoms with E-state index in [1.165, 1.54) is 12.1 Å². The average Bonchev–Trinajstić information content (AvgIpc) is 2.51. The maximum Gasteiger partial charge on any atom is 0.416 e. The molecule has 0 saturated carbocycles. The van der Waals surface area contributed by atoms with Crippen LogP contribution in [-0.4, -0.2) is 27.1 Å². The van der Waals surface area contributed by atoms with Gasteiger partial charge in [-0.1, -0.05) is 12.1 Å². The van der Waals surface area contributed by atoms with Crippen LogP contribution < -0.4 is 5.32 Å². The normalized spacial score (nSPS) is 11.1. The van der Waals surface area contributed by atoms with Gasteiger partial charge < -0.3 is 15.5 Å². The summed E-state index contributed by atoms with van der Waals surface area (Å²) in [6, 6.07) is 5.33. The molecule has 126 valence electrons. The number of carboxylic acids is 2. The molecule has 0 bridgehead atoms. The van der Waals surface area contributed by atoms with E-state index in [1.54, 1.807) is 0 Å². The summed E-state index contributed by atoms with van der Waals surface area (Å²) < 4.78 is 37.5. The first-order valence-electron chi connectivity index (χ1n) is 6.55. The van der Waals surface area contributed by atoms with Crippen molar-refractivity contribution in [1.82, 2.24) is 4.98 Å². The summed E-state index contributed by atoms with van der Waals surface area (Å²) in [5.41, 5.74) is -1.39. The summed E-state index contributed by atoms with van der Waals surface area (Å²) in [7, 11) is 0. The highest BCUT2D eigenvalue weighted by atomic mass is 19.4. The van der Waals surface area contributed by atoms with Gasteiger partial charge >= 0.3 is 18.1 Å². The molecular formula is C15H11F3N2O4. The number of benzene rings is 1. The van der Waals surface area contributed by atoms with Crippen molar-refractivity contribution in [3.63, 3.8) is 0 Å². The van der Waals surface area contributed by atoms with Crippen LogP contribution in [0.5, 0.6) is 0 Å². The molecule has 0 spiro atoms. The van der Waals surface area contributed by atoms with Crippen LogP contribution >= 0.6 is 0 Å². The number of nitrogens with zero attached hydrogens (tertiary/aromatic N) is 1. The predicted octanol–water partition coefficient (Wildman–Crippen LogP) is 3.11. The Morgan fingerprint density at radius 1 is 1.04 bits per heavy atom. The largest absolute Gasteiger partial charge is 0.478 e. The molecule has 6 nitrogen and oxygen atoms in total. The van der Waals surface area contributed by atoms with E-state index in [2.05, 4.69) is 10.3 Å². The summed E-state index contributed by atoms with van der Waals surface area (Å²) in [4.78, 5) is 25.9. The van der Waals surface area contributed by atoms with Crippen molar-refractivity contribution in [1.29, 1.82) is 0 Å². The Bertz CT molecular complexity index is 741. The second-order valence-electron chi connectivity index (χ2n) is 4.74. The molecular weight excluding hydrogens is 329 g/mol. The fourth-order valence-corrected chi connectivity index (χ4v) is 1.98. The minimum atomic E-state index is -4.46. The van der Waals surface area contributed by atoms with E-state index in [4.69, 9.17) is 10.2 Å². The van der Waals surface area contributed by atoms with Crippen molar-refractivity contribution < 1.29 is 33.0 Å². The fourth-order valence-electron chi connectivity index (χ4n) is 1.98. The minimum absolute atomic E-state index is 0.0651. The summed E-state index contributed by atoms with van der Waals surface area (Å²) in [6.45, 7) is -0.0651. The van der Waals surface area contributed by atoms with Crippen LogP contribution in [0.4, 0.5) is 18.9 Å². The van der Waals surface area contributed by atoms with E-state index in [0.29, 0.717) is 5.56 Å². The van der Waals surface area contributed by atoms with Gasteiger partial charge in [-0.05, 0) is 23.8 Å². The zero-order valence-electron chi connectivity index (χ0n) is 12.0. The van der Waals surface area contributed by atoms with Crippen LogP contribution in [0.3, 0.4) is 0 Å². The van der Waals surface area contributed by atoms with Gasteiger partial charge in [-0.2, -0.15) is 13.2 Å². The number of pyridine rings is 1. The number of alkyl halides is 3. The van der Waals surface area contributed by atoms with E-state index in [0.717, 1.165) is 24.4 Å². The number of aromatic carboxylic acids is 2. The van der Waals surface area contributed by atoms with Gasteiger partial charge in [0.15, 0.2) is 5.69 Å². The summed E-state index contributed by atoms with van der Waals surface area (Å²) in [5.74, 6) is -2.78. The zero-order valence-corrected chi connectivity index (χ0v) is 12.0. The van der Waals surface area contributed by atoms with E-state index in [9.17, 15) is 22.8 Å². The highest BCUT2D eigenvalue weighted by Crippen LogP contribution is 2.29. The molecule has 0 aliphatic carbocycles. The molecule has 1 heterocycles. The predicted molar refractivity (Wildman–Crippen MR) is 76.9 cm³/mol. The first kappa shape index (κ1) is 17.3. The number of anilines is 1. The second kappa shape index (κ2) is 6.57. The van der Waals surface area contributed by atoms with Crippen molar-refractivity contribution in [3.8, 4) is 0 Å². The minimum Gasteiger partial charge on any atom is -0.478 e. The number of carbonyl (C=O) groups is 2. The van der Waals surface area contributed by atoms with E-state index in [-0.39, 0.29) is 17.8 Å². The Kier molecular flexibility index (Phi) is 4.72. The molecule has 0 aliphatic heterocycles. The zero-order chi connectivity index (χ0) is 17.9. The lowest BCUT2D eigenvalue weighted by atomic mass is 10.1. The monoisotopic (exact) mass is 340 g/mol. The van der Waals surface area contributed by atoms with Gasteiger partial charge in [-0.25, -0.2) is 14.6 Å². The molecule has 0 aliphatic rings. The molecule has 0 atom stereocenters. The van der Waals surface area contributed by atoms with Crippen molar-refractivity contribution in [3.05, 3.63) is 58.9 Å². The smallest absolute Gasteiger partial charge is 0.416 e. The number of carboxylic acid groups (broad SMARTS) is 2. The van der Waals surface area contributed by atoms with Gasteiger partial charge in [0.05, 0.1) is 16.8 Å². The number of nitrogens with one attached hydrogen (secondary N) is 1. The lowest BCUT2D eigenvalue weighted by molar-refractivity contribution is -0.137. The second-order valence-corrected chi connectivity index (χ2v) is 4.74. The number of hydrogen-bond donors (Lipinski definition) is 3. The van der Waals surface area contributed by atoms with Gasteiger partial charge in [-0.3, -0.25) is 0 Å². The van der Waals surface area contributed by atoms with Gasteiger partial charge in [0.1, 0.15) is 0 Å². The summed E-state index contributed by atoms with van der Waals surface area (Å²) in [5, 5.41) is 20.8. The van der Waals surface area contributed by atoms with Crippen LogP contribution in [0.2, 0.25) is 0 Å². The molecule has 24 heavy (non-hydrogen) atoms. The van der Waals surface area contributed by atoms with Crippen molar-refractivity contribution in [2.45, 2.75) is 12.7 Å². The molecule has 1 aromatic heterocycles. The first-order chi connectivity index (χ1) is 11.2. The van der Waals surface area contributed by atoms with E-state index < -0.39 is 29.4 Å². The maximum atomic E-state index is 12.5. The van der Waals surface area contributed by atoms with Gasteiger partial charge in [0, 0.05) is 12.7 Å². The SMILES string of the molecule is O=C(O)c1ccnc(C(=O)O)c1NCc1ccc(C(F)(F)F)cc1. The Balaban J connectivity index is 2.26. The van der Waals surface area contributed by atoms with Crippen molar-refractivity contribution in [2.24, 2.45) is 0 Å². The number of rotatable bonds is 5. The Morgan fingerprint density at radius 2 is 1.67 bits per heavy atom. The van der Waals surface area contributed by atoms with Crippen LogP contribution in [-0.2, 0) is 12.7 Å². The van der Waals surface area contributed by atoms with Gasteiger partial charge in [-0.15, -0.1) is 0 Å². The lowest BCUT2D eigenvalue weighted by Gasteiger charge is -2.12. The third kappa shape index (κ3) is 3.80. The molecule has 0 fully saturated rings. The molecule has 0 saturated heterocycles. The first-order valence-corrected chi connectivity index (χ1v) is 6.55. The quantitative estimate of drug-likeness (QED) is 0.773. The van der Waals surface area contributed by atoms with Crippen LogP contribution in [0, 0.1) is 0 Å². The average molecular weight is 340 g/mol. The molecule has 0 unspecified atom stereocenters. The Morgan fingerprint density at radius 3 is 2.17 bits per heavy atom. The van der Waals surface area contributed by atoms with E-state index >= 15 is 0 Å². The molecule has 2 aromatic rings. The Labute approximate surface area is 133 Å². The fraction of sp³-hybridized carbons (Fsp3) is 0.133. The third-order valence-electron chi connectivity index (χ3n) is 3.13. The third-order valence-corrected chi connectivity index (χ3v) is 3.13. The highest BCUT2D eigenvalue weighted by molar-refractivity contribution is 6.01. The molecule has 2 rings (SSSR count). The van der Waals surface area contributed by atoms with Gasteiger partial charge in [0.2, 0.25) is 0 Å². The summed E-state index contributed by atoms with van der Waals surface area (Å²) in [6.07, 6.45) is -3.40. The molecule has 0 radical (unpaired) electrons. The number of halogens is 3. The maximum absolute atomic E-state index is 12.5. The highest BCUT2D eigenvalue weighted by Gasteiger charge is 2.30. The molecule has 3 N–H and O–H groups in total. The number of hydrogen-bond acceptors (Lipinski definition) is 4. The molecule has 0 amide bonds. The van der Waals surface area contributed by atoms with Crippen LogP contribution in [0.25, 0.3) is 0 Å². The van der Waals surface area contributed by atoms with Gasteiger partial charge in [0.25, 0.3) is 0 Å². The summed E-state index contributed by atoms with van der Waals surface area (Å²) >= 11 is 0. The van der Waals surface area contributed by atoms with Crippen LogP contribution in [0.1, 0.15) is 32.0 Å². The topological polar surface area (TPSA) is 99.5 Å². The van der Waals surface area contributed by atoms with E-state index in [1.807, 2.05) is 0 Å². The van der Waals surface area contributed by atoms with Crippen molar-refractivity contribution in [2.75, 3.05) is 5.32 Å². The molecule has 1 aromatic carbocycles. The van der Waals surface area contributed by atoms with Crippen LogP contribution in [0.15, 0.2) is 36.5 Å². The molecule has 9 heteroatoms. The number of aromatic nitrogens is 1. The van der Waals surface area contributed by atoms with Crippen molar-refractivity contribution >= 4 is 17.6 Å². The Hall–Kier alpha value is -3.10. The lowest BCUT2D eigenvalue weighted by Crippen LogP contribution is -2.13.